The molecule has 1 aromatic carbocycles. The second kappa shape index (κ2) is 4.09. The predicted molar refractivity (Wildman–Crippen MR) is 58.6 cm³/mol. The van der Waals surface area contributed by atoms with Gasteiger partial charge in [0.1, 0.15) is 5.37 Å². The molecule has 6 heteroatoms. The minimum atomic E-state index is -3.54. The summed E-state index contributed by atoms with van der Waals surface area (Å²) in [6.07, 6.45) is 0.440. The maximum absolute atomic E-state index is 11.1. The average Bonchev–Trinajstić information content (AvgIpc) is 2.67. The van der Waals surface area contributed by atoms with E-state index in [-0.39, 0.29) is 6.04 Å². The molecule has 1 fully saturated rings. The first-order valence-corrected chi connectivity index (χ1v) is 6.94. The van der Waals surface area contributed by atoms with Crippen LogP contribution in [-0.2, 0) is 9.05 Å². The Bertz CT molecular complexity index is 435. The average molecular weight is 247 g/mol. The van der Waals surface area contributed by atoms with Crippen LogP contribution in [0.3, 0.4) is 0 Å². The Labute approximate surface area is 93.0 Å². The number of hydrazine groups is 1. The molecule has 1 heterocycles. The van der Waals surface area contributed by atoms with Crippen LogP contribution >= 0.6 is 10.7 Å². The van der Waals surface area contributed by atoms with Crippen LogP contribution in [0, 0.1) is 0 Å². The molecule has 2 unspecified atom stereocenters. The molecular weight excluding hydrogens is 236 g/mol. The van der Waals surface area contributed by atoms with Gasteiger partial charge in [-0.1, -0.05) is 30.3 Å². The Morgan fingerprint density at radius 1 is 1.20 bits per heavy atom. The maximum atomic E-state index is 11.1. The summed E-state index contributed by atoms with van der Waals surface area (Å²) in [5.74, 6) is 0. The predicted octanol–water partition coefficient (Wildman–Crippen LogP) is 1.12. The number of rotatable bonds is 2. The standard InChI is InChI=1S/C9H11ClN2O2S/c10-15(13,14)9-6-8(11-12-9)7-4-2-1-3-5-7/h1-5,8-9,11-12H,6H2. The molecule has 2 rings (SSSR count). The molecular formula is C9H11ClN2O2S. The smallest absolute Gasteiger partial charge is 0.249 e. The molecule has 0 spiro atoms. The lowest BCUT2D eigenvalue weighted by molar-refractivity contribution is 0.562. The van der Waals surface area contributed by atoms with Gasteiger partial charge in [0.05, 0.1) is 0 Å². The largest absolute Gasteiger partial charge is 0.249 e. The van der Waals surface area contributed by atoms with Gasteiger partial charge in [-0.3, -0.25) is 0 Å². The number of halogens is 1. The maximum Gasteiger partial charge on any atom is 0.249 e. The highest BCUT2D eigenvalue weighted by molar-refractivity contribution is 8.14. The normalized spacial score (nSPS) is 26.7. The molecule has 2 N–H and O–H groups in total. The number of hydrogen-bond donors (Lipinski definition) is 2. The lowest BCUT2D eigenvalue weighted by Gasteiger charge is -2.08. The second-order valence-electron chi connectivity index (χ2n) is 3.45. The van der Waals surface area contributed by atoms with Crippen LogP contribution in [0.2, 0.25) is 0 Å². The first kappa shape index (κ1) is 10.9. The van der Waals surface area contributed by atoms with E-state index in [1.165, 1.54) is 0 Å². The van der Waals surface area contributed by atoms with E-state index < -0.39 is 14.4 Å². The SMILES string of the molecule is O=S(=O)(Cl)C1CC(c2ccccc2)NN1. The quantitative estimate of drug-likeness (QED) is 0.768. The van der Waals surface area contributed by atoms with Crippen LogP contribution in [0.25, 0.3) is 0 Å². The molecule has 0 radical (unpaired) electrons. The van der Waals surface area contributed by atoms with Crippen LogP contribution in [-0.4, -0.2) is 13.8 Å². The van der Waals surface area contributed by atoms with Crippen molar-refractivity contribution >= 4 is 19.7 Å². The highest BCUT2D eigenvalue weighted by atomic mass is 35.7. The third-order valence-corrected chi connectivity index (χ3v) is 4.05. The minimum absolute atomic E-state index is 0.00951. The van der Waals surface area contributed by atoms with Crippen molar-refractivity contribution in [3.8, 4) is 0 Å². The third kappa shape index (κ3) is 2.49. The van der Waals surface area contributed by atoms with Crippen molar-refractivity contribution < 1.29 is 8.42 Å². The van der Waals surface area contributed by atoms with Gasteiger partial charge in [0.15, 0.2) is 0 Å². The van der Waals surface area contributed by atoms with Crippen molar-refractivity contribution in [3.63, 3.8) is 0 Å². The zero-order valence-corrected chi connectivity index (χ0v) is 9.42. The van der Waals surface area contributed by atoms with E-state index in [4.69, 9.17) is 10.7 Å². The van der Waals surface area contributed by atoms with Crippen LogP contribution in [0.1, 0.15) is 18.0 Å². The van der Waals surface area contributed by atoms with Crippen molar-refractivity contribution in [2.24, 2.45) is 0 Å². The topological polar surface area (TPSA) is 58.2 Å². The van der Waals surface area contributed by atoms with Gasteiger partial charge in [0.2, 0.25) is 9.05 Å². The molecule has 0 aromatic heterocycles. The molecule has 1 aliphatic rings. The van der Waals surface area contributed by atoms with Crippen LogP contribution in [0.15, 0.2) is 30.3 Å². The molecule has 4 nitrogen and oxygen atoms in total. The van der Waals surface area contributed by atoms with Crippen molar-refractivity contribution in [2.45, 2.75) is 17.8 Å². The first-order chi connectivity index (χ1) is 7.07. The van der Waals surface area contributed by atoms with Gasteiger partial charge < -0.3 is 0 Å². The highest BCUT2D eigenvalue weighted by Crippen LogP contribution is 2.25. The number of hydrogen-bond acceptors (Lipinski definition) is 4. The van der Waals surface area contributed by atoms with Gasteiger partial charge >= 0.3 is 0 Å². The Hall–Kier alpha value is -0.620. The summed E-state index contributed by atoms with van der Waals surface area (Å²) in [6.45, 7) is 0. The molecule has 0 aliphatic carbocycles. The fourth-order valence-corrected chi connectivity index (χ4v) is 2.60. The zero-order valence-electron chi connectivity index (χ0n) is 7.85. The third-order valence-electron chi connectivity index (χ3n) is 2.41. The van der Waals surface area contributed by atoms with E-state index in [1.54, 1.807) is 0 Å². The number of benzene rings is 1. The van der Waals surface area contributed by atoms with Crippen LogP contribution in [0.5, 0.6) is 0 Å². The molecule has 15 heavy (non-hydrogen) atoms. The lowest BCUT2D eigenvalue weighted by atomic mass is 10.1. The Kier molecular flexibility index (Phi) is 2.97. The van der Waals surface area contributed by atoms with E-state index in [1.807, 2.05) is 30.3 Å². The molecule has 0 bridgehead atoms. The lowest BCUT2D eigenvalue weighted by Crippen LogP contribution is -2.34. The van der Waals surface area contributed by atoms with Crippen molar-refractivity contribution in [1.82, 2.24) is 10.9 Å². The first-order valence-electron chi connectivity index (χ1n) is 4.57. The van der Waals surface area contributed by atoms with Gasteiger partial charge in [0, 0.05) is 23.1 Å². The van der Waals surface area contributed by atoms with Crippen molar-refractivity contribution in [3.05, 3.63) is 35.9 Å². The summed E-state index contributed by atoms with van der Waals surface area (Å²) in [6, 6.07) is 9.64. The molecule has 0 amide bonds. The van der Waals surface area contributed by atoms with Gasteiger partial charge in [0.25, 0.3) is 0 Å². The van der Waals surface area contributed by atoms with Crippen molar-refractivity contribution in [2.75, 3.05) is 0 Å². The Morgan fingerprint density at radius 2 is 1.87 bits per heavy atom. The molecule has 1 saturated heterocycles. The van der Waals surface area contributed by atoms with E-state index in [2.05, 4.69) is 10.9 Å². The summed E-state index contributed by atoms with van der Waals surface area (Å²) >= 11 is 0. The van der Waals surface area contributed by atoms with E-state index >= 15 is 0 Å². The summed E-state index contributed by atoms with van der Waals surface area (Å²) in [5.41, 5.74) is 6.64. The van der Waals surface area contributed by atoms with Crippen LogP contribution in [0.4, 0.5) is 0 Å². The summed E-state index contributed by atoms with van der Waals surface area (Å²) in [4.78, 5) is 0. The minimum Gasteiger partial charge on any atom is -0.249 e. The van der Waals surface area contributed by atoms with E-state index in [0.29, 0.717) is 6.42 Å². The van der Waals surface area contributed by atoms with E-state index in [0.717, 1.165) is 5.56 Å². The molecule has 82 valence electrons. The Balaban J connectivity index is 2.12. The summed E-state index contributed by atoms with van der Waals surface area (Å²) < 4.78 is 22.1. The number of nitrogens with one attached hydrogen (secondary N) is 2. The zero-order chi connectivity index (χ0) is 10.9. The van der Waals surface area contributed by atoms with Gasteiger partial charge in [-0.05, 0) is 5.56 Å². The summed E-state index contributed by atoms with van der Waals surface area (Å²) in [7, 11) is 1.72. The monoisotopic (exact) mass is 246 g/mol. The molecule has 0 saturated carbocycles. The molecule has 1 aliphatic heterocycles. The fraction of sp³-hybridized carbons (Fsp3) is 0.333. The second-order valence-corrected chi connectivity index (χ2v) is 6.26. The van der Waals surface area contributed by atoms with Crippen LogP contribution < -0.4 is 10.9 Å². The molecule has 2 atom stereocenters. The van der Waals surface area contributed by atoms with E-state index in [9.17, 15) is 8.42 Å². The highest BCUT2D eigenvalue weighted by Gasteiger charge is 2.32. The fourth-order valence-electron chi connectivity index (χ4n) is 1.62. The van der Waals surface area contributed by atoms with Gasteiger partial charge in [-0.15, -0.1) is 0 Å². The Morgan fingerprint density at radius 3 is 2.40 bits per heavy atom. The van der Waals surface area contributed by atoms with Crippen molar-refractivity contribution in [1.29, 1.82) is 0 Å². The summed E-state index contributed by atoms with van der Waals surface area (Å²) in [5, 5.41) is -0.718. The van der Waals surface area contributed by atoms with Gasteiger partial charge in [-0.2, -0.15) is 0 Å². The molecule has 1 aromatic rings. The van der Waals surface area contributed by atoms with Gasteiger partial charge in [-0.25, -0.2) is 19.3 Å².